The molecule has 0 saturated carbocycles. The summed E-state index contributed by atoms with van der Waals surface area (Å²) in [6.45, 7) is 8.71. The standard InChI is InChI=1S/C28H34FN7O3/c1-17-11-21-20(13-30-33-21)24(18(17)2)36-15-22-23(26(36)37)25(34-6-4-9-38-10-8-34)32-27(31-22)39-16-28-5-3-7-35(28)14-19(29)12-28/h11,13,19H,3-10,12,14-16H2,1-2H3,(H,30,33)/t19-,28+/m1/s1. The number of hydrogen-bond donors (Lipinski definition) is 1. The molecule has 4 aliphatic heterocycles. The smallest absolute Gasteiger partial charge is 0.318 e. The van der Waals surface area contributed by atoms with Gasteiger partial charge in [0.1, 0.15) is 24.2 Å². The highest BCUT2D eigenvalue weighted by atomic mass is 19.1. The van der Waals surface area contributed by atoms with Crippen molar-refractivity contribution in [3.8, 4) is 6.01 Å². The third-order valence-corrected chi connectivity index (χ3v) is 8.97. The number of H-pyrrole nitrogens is 1. The van der Waals surface area contributed by atoms with Crippen molar-refractivity contribution in [2.75, 3.05) is 55.8 Å². The van der Waals surface area contributed by atoms with E-state index < -0.39 is 6.17 Å². The third-order valence-electron chi connectivity index (χ3n) is 8.97. The fraction of sp³-hybridized carbons (Fsp3) is 0.571. The van der Waals surface area contributed by atoms with Gasteiger partial charge >= 0.3 is 6.01 Å². The number of aromatic amines is 1. The molecule has 1 N–H and O–H groups in total. The zero-order chi connectivity index (χ0) is 26.7. The molecule has 3 aromatic rings. The highest BCUT2D eigenvalue weighted by Crippen LogP contribution is 2.42. The van der Waals surface area contributed by atoms with Crippen LogP contribution in [0, 0.1) is 13.8 Å². The van der Waals surface area contributed by atoms with Crippen LogP contribution in [0.3, 0.4) is 0 Å². The predicted molar refractivity (Wildman–Crippen MR) is 144 cm³/mol. The normalized spacial score (nSPS) is 25.4. The topological polar surface area (TPSA) is 99.7 Å². The van der Waals surface area contributed by atoms with Crippen molar-refractivity contribution in [1.82, 2.24) is 25.1 Å². The number of aromatic nitrogens is 4. The molecule has 7 rings (SSSR count). The lowest BCUT2D eigenvalue weighted by molar-refractivity contribution is 0.0995. The maximum atomic E-state index is 14.3. The lowest BCUT2D eigenvalue weighted by Crippen LogP contribution is -2.43. The Morgan fingerprint density at radius 3 is 3.00 bits per heavy atom. The summed E-state index contributed by atoms with van der Waals surface area (Å²) in [4.78, 5) is 29.9. The lowest BCUT2D eigenvalue weighted by Gasteiger charge is -2.31. The van der Waals surface area contributed by atoms with Crippen LogP contribution < -0.4 is 14.5 Å². The van der Waals surface area contributed by atoms with Gasteiger partial charge in [-0.25, -0.2) is 4.39 Å². The van der Waals surface area contributed by atoms with E-state index in [0.29, 0.717) is 63.0 Å². The van der Waals surface area contributed by atoms with Crippen molar-refractivity contribution in [2.24, 2.45) is 0 Å². The minimum Gasteiger partial charge on any atom is -0.461 e. The molecule has 0 bridgehead atoms. The van der Waals surface area contributed by atoms with Gasteiger partial charge in [0.25, 0.3) is 5.91 Å². The van der Waals surface area contributed by atoms with Gasteiger partial charge in [-0.3, -0.25) is 14.8 Å². The Morgan fingerprint density at radius 1 is 1.21 bits per heavy atom. The number of hydrogen-bond acceptors (Lipinski definition) is 8. The first kappa shape index (κ1) is 24.7. The number of anilines is 2. The highest BCUT2D eigenvalue weighted by molar-refractivity contribution is 6.16. The second kappa shape index (κ2) is 9.41. The van der Waals surface area contributed by atoms with Gasteiger partial charge in [0, 0.05) is 38.0 Å². The van der Waals surface area contributed by atoms with E-state index in [1.165, 1.54) is 0 Å². The second-order valence-electron chi connectivity index (χ2n) is 11.4. The summed E-state index contributed by atoms with van der Waals surface area (Å²) in [5.41, 5.74) is 4.71. The maximum absolute atomic E-state index is 14.3. The average Bonchev–Trinajstić information content (AvgIpc) is 3.62. The molecule has 2 atom stereocenters. The van der Waals surface area contributed by atoms with Crippen LogP contribution in [0.5, 0.6) is 6.01 Å². The van der Waals surface area contributed by atoms with Crippen molar-refractivity contribution < 1.29 is 18.7 Å². The maximum Gasteiger partial charge on any atom is 0.318 e. The zero-order valence-corrected chi connectivity index (χ0v) is 22.5. The van der Waals surface area contributed by atoms with E-state index >= 15 is 0 Å². The number of halogens is 1. The molecule has 6 heterocycles. The number of benzene rings is 1. The van der Waals surface area contributed by atoms with Gasteiger partial charge in [0.15, 0.2) is 0 Å². The number of rotatable bonds is 5. The summed E-state index contributed by atoms with van der Waals surface area (Å²) in [6.07, 6.45) is 4.22. The van der Waals surface area contributed by atoms with E-state index in [-0.39, 0.29) is 17.5 Å². The van der Waals surface area contributed by atoms with Gasteiger partial charge in [0.05, 0.1) is 41.8 Å². The summed E-state index contributed by atoms with van der Waals surface area (Å²) in [7, 11) is 0. The van der Waals surface area contributed by atoms with Crippen LogP contribution in [0.1, 0.15) is 52.9 Å². The van der Waals surface area contributed by atoms with Crippen LogP contribution in [-0.2, 0) is 11.3 Å². The summed E-state index contributed by atoms with van der Waals surface area (Å²) in [6, 6.07) is 2.31. The minimum atomic E-state index is -0.828. The van der Waals surface area contributed by atoms with Gasteiger partial charge in [-0.1, -0.05) is 0 Å². The first-order valence-electron chi connectivity index (χ1n) is 13.9. The fourth-order valence-corrected chi connectivity index (χ4v) is 6.90. The molecular weight excluding hydrogens is 501 g/mol. The molecule has 206 valence electrons. The Balaban J connectivity index is 1.27. The molecule has 0 radical (unpaired) electrons. The van der Waals surface area contributed by atoms with E-state index in [2.05, 4.69) is 26.1 Å². The molecule has 39 heavy (non-hydrogen) atoms. The molecule has 10 nitrogen and oxygen atoms in total. The summed E-state index contributed by atoms with van der Waals surface area (Å²) in [5, 5.41) is 8.18. The molecular formula is C28H34FN7O3. The lowest BCUT2D eigenvalue weighted by atomic mass is 9.95. The number of nitrogens with zero attached hydrogens (tertiary/aromatic N) is 6. The van der Waals surface area contributed by atoms with E-state index in [0.717, 1.165) is 60.1 Å². The van der Waals surface area contributed by atoms with Gasteiger partial charge in [0.2, 0.25) is 0 Å². The largest absolute Gasteiger partial charge is 0.461 e. The van der Waals surface area contributed by atoms with Crippen LogP contribution in [-0.4, -0.2) is 88.7 Å². The van der Waals surface area contributed by atoms with Crippen molar-refractivity contribution in [3.05, 3.63) is 34.6 Å². The molecule has 2 aromatic heterocycles. The number of alkyl halides is 1. The molecule has 1 aromatic carbocycles. The van der Waals surface area contributed by atoms with Gasteiger partial charge in [-0.2, -0.15) is 15.1 Å². The molecule has 1 amide bonds. The SMILES string of the molecule is Cc1cc2[nH]ncc2c(N2Cc3nc(OC[C@@]45CCCN4C[C@H](F)C5)nc(N4CCCOCC4)c3C2=O)c1C. The Hall–Kier alpha value is -3.31. The molecule has 0 aliphatic carbocycles. The van der Waals surface area contributed by atoms with Crippen molar-refractivity contribution in [1.29, 1.82) is 0 Å². The Kier molecular flexibility index (Phi) is 5.96. The second-order valence-corrected chi connectivity index (χ2v) is 11.4. The fourth-order valence-electron chi connectivity index (χ4n) is 6.90. The first-order chi connectivity index (χ1) is 18.9. The number of ether oxygens (including phenoxy) is 2. The Bertz CT molecular complexity index is 1440. The van der Waals surface area contributed by atoms with E-state index in [1.807, 2.05) is 13.8 Å². The molecule has 0 spiro atoms. The molecule has 11 heteroatoms. The predicted octanol–water partition coefficient (Wildman–Crippen LogP) is 3.31. The summed E-state index contributed by atoms with van der Waals surface area (Å²) in [5.74, 6) is 0.474. The number of carbonyl (C=O) groups is 1. The third kappa shape index (κ3) is 4.05. The summed E-state index contributed by atoms with van der Waals surface area (Å²) >= 11 is 0. The molecule has 0 unspecified atom stereocenters. The van der Waals surface area contributed by atoms with Crippen molar-refractivity contribution in [3.63, 3.8) is 0 Å². The first-order valence-corrected chi connectivity index (χ1v) is 13.9. The van der Waals surface area contributed by atoms with E-state index in [4.69, 9.17) is 19.4 Å². The van der Waals surface area contributed by atoms with Gasteiger partial charge < -0.3 is 19.3 Å². The van der Waals surface area contributed by atoms with Crippen molar-refractivity contribution in [2.45, 2.75) is 57.8 Å². The van der Waals surface area contributed by atoms with Crippen molar-refractivity contribution >= 4 is 28.3 Å². The van der Waals surface area contributed by atoms with Crippen LogP contribution >= 0.6 is 0 Å². The number of fused-ring (bicyclic) bond motifs is 3. The Labute approximate surface area is 226 Å². The average molecular weight is 536 g/mol. The van der Waals surface area contributed by atoms with E-state index in [9.17, 15) is 9.18 Å². The Morgan fingerprint density at radius 2 is 2.10 bits per heavy atom. The van der Waals surface area contributed by atoms with Crippen LogP contribution in [0.15, 0.2) is 12.3 Å². The molecule has 3 fully saturated rings. The quantitative estimate of drug-likeness (QED) is 0.531. The zero-order valence-electron chi connectivity index (χ0n) is 22.5. The van der Waals surface area contributed by atoms with Crippen LogP contribution in [0.25, 0.3) is 10.9 Å². The monoisotopic (exact) mass is 535 g/mol. The molecule has 4 aliphatic rings. The number of amides is 1. The summed E-state index contributed by atoms with van der Waals surface area (Å²) < 4.78 is 26.3. The van der Waals surface area contributed by atoms with Crippen LogP contribution in [0.4, 0.5) is 15.9 Å². The van der Waals surface area contributed by atoms with E-state index in [1.54, 1.807) is 11.1 Å². The highest BCUT2D eigenvalue weighted by Gasteiger charge is 2.49. The van der Waals surface area contributed by atoms with Gasteiger partial charge in [-0.05, 0) is 56.8 Å². The number of nitrogens with one attached hydrogen (secondary N) is 1. The van der Waals surface area contributed by atoms with Gasteiger partial charge in [-0.15, -0.1) is 0 Å². The van der Waals surface area contributed by atoms with Crippen LogP contribution in [0.2, 0.25) is 0 Å². The molecule has 3 saturated heterocycles. The number of carbonyl (C=O) groups excluding carboxylic acids is 1. The number of aryl methyl sites for hydroxylation is 1. The minimum absolute atomic E-state index is 0.121.